The Morgan fingerprint density at radius 2 is 2.06 bits per heavy atom. The molecule has 3 rings (SSSR count). The molecule has 0 unspecified atom stereocenters. The zero-order valence-electron chi connectivity index (χ0n) is 9.65. The van der Waals surface area contributed by atoms with E-state index in [9.17, 15) is 8.42 Å². The molecule has 0 saturated carbocycles. The molecule has 0 amide bonds. The largest absolute Gasteiger partial charge is 0.325 e. The van der Waals surface area contributed by atoms with Gasteiger partial charge in [-0.15, -0.1) is 0 Å². The van der Waals surface area contributed by atoms with E-state index in [1.165, 1.54) is 4.31 Å². The second kappa shape index (κ2) is 4.01. The number of rotatable bonds is 2. The Bertz CT molecular complexity index is 688. The van der Waals surface area contributed by atoms with Crippen LogP contribution in [-0.2, 0) is 10.0 Å². The first-order chi connectivity index (χ1) is 8.59. The van der Waals surface area contributed by atoms with E-state index in [4.69, 9.17) is 5.73 Å². The highest BCUT2D eigenvalue weighted by Crippen LogP contribution is 2.27. The molecule has 1 aromatic carbocycles. The van der Waals surface area contributed by atoms with Gasteiger partial charge in [-0.05, 0) is 12.1 Å². The van der Waals surface area contributed by atoms with Gasteiger partial charge in [0.05, 0.1) is 4.90 Å². The molecule has 1 aromatic heterocycles. The molecule has 18 heavy (non-hydrogen) atoms. The zero-order chi connectivity index (χ0) is 12.8. The Morgan fingerprint density at radius 1 is 1.28 bits per heavy atom. The Hall–Kier alpha value is -1.50. The number of nitrogens with zero attached hydrogens (tertiary/aromatic N) is 2. The van der Waals surface area contributed by atoms with E-state index in [1.807, 2.05) is 6.07 Å². The second-order valence-corrected chi connectivity index (χ2v) is 6.34. The number of fused-ring (bicyclic) bond motifs is 1. The molecule has 2 N–H and O–H groups in total. The van der Waals surface area contributed by atoms with Crippen LogP contribution in [0.4, 0.5) is 0 Å². The van der Waals surface area contributed by atoms with E-state index in [0.717, 1.165) is 5.39 Å². The summed E-state index contributed by atoms with van der Waals surface area (Å²) < 4.78 is 26.3. The molecule has 2 heterocycles. The SMILES string of the molecule is NC1CN(S(=O)(=O)c2cccc3cnccc23)C1. The van der Waals surface area contributed by atoms with Crippen LogP contribution >= 0.6 is 0 Å². The minimum Gasteiger partial charge on any atom is -0.325 e. The van der Waals surface area contributed by atoms with E-state index >= 15 is 0 Å². The maximum Gasteiger partial charge on any atom is 0.243 e. The van der Waals surface area contributed by atoms with Crippen LogP contribution in [0, 0.1) is 0 Å². The molecule has 1 aliphatic rings. The number of aromatic nitrogens is 1. The average Bonchev–Trinajstić information content (AvgIpc) is 2.34. The normalized spacial score (nSPS) is 17.8. The number of pyridine rings is 1. The molecular formula is C12H13N3O2S. The number of nitrogens with two attached hydrogens (primary N) is 1. The van der Waals surface area contributed by atoms with Crippen molar-refractivity contribution in [2.75, 3.05) is 13.1 Å². The molecular weight excluding hydrogens is 250 g/mol. The highest BCUT2D eigenvalue weighted by atomic mass is 32.2. The van der Waals surface area contributed by atoms with Crippen LogP contribution in [-0.4, -0.2) is 36.8 Å². The van der Waals surface area contributed by atoms with Crippen molar-refractivity contribution in [3.63, 3.8) is 0 Å². The Kier molecular flexibility index (Phi) is 2.58. The summed E-state index contributed by atoms with van der Waals surface area (Å²) in [5.41, 5.74) is 5.64. The highest BCUT2D eigenvalue weighted by molar-refractivity contribution is 7.89. The van der Waals surface area contributed by atoms with Crippen LogP contribution in [0.3, 0.4) is 0 Å². The quantitative estimate of drug-likeness (QED) is 0.859. The van der Waals surface area contributed by atoms with Crippen molar-refractivity contribution in [3.8, 4) is 0 Å². The number of hydrogen-bond donors (Lipinski definition) is 1. The lowest BCUT2D eigenvalue weighted by molar-refractivity contribution is 0.266. The molecule has 0 bridgehead atoms. The van der Waals surface area contributed by atoms with Gasteiger partial charge in [0.1, 0.15) is 0 Å². The third kappa shape index (κ3) is 1.69. The summed E-state index contributed by atoms with van der Waals surface area (Å²) in [5.74, 6) is 0. The van der Waals surface area contributed by atoms with Gasteiger partial charge in [-0.1, -0.05) is 12.1 Å². The van der Waals surface area contributed by atoms with Crippen LogP contribution < -0.4 is 5.73 Å². The Labute approximate surface area is 105 Å². The third-order valence-corrected chi connectivity index (χ3v) is 5.02. The van der Waals surface area contributed by atoms with E-state index in [2.05, 4.69) is 4.98 Å². The fourth-order valence-corrected chi connectivity index (χ4v) is 3.89. The Balaban J connectivity index is 2.15. The first kappa shape index (κ1) is 11.6. The van der Waals surface area contributed by atoms with E-state index < -0.39 is 10.0 Å². The van der Waals surface area contributed by atoms with E-state index in [0.29, 0.717) is 23.4 Å². The first-order valence-electron chi connectivity index (χ1n) is 5.67. The van der Waals surface area contributed by atoms with Crippen LogP contribution in [0.25, 0.3) is 10.8 Å². The summed E-state index contributed by atoms with van der Waals surface area (Å²) in [4.78, 5) is 4.33. The fourth-order valence-electron chi connectivity index (χ4n) is 2.12. The van der Waals surface area contributed by atoms with E-state index in [1.54, 1.807) is 30.6 Å². The van der Waals surface area contributed by atoms with Crippen LogP contribution in [0.5, 0.6) is 0 Å². The summed E-state index contributed by atoms with van der Waals surface area (Å²) in [6.45, 7) is 0.785. The molecule has 94 valence electrons. The van der Waals surface area contributed by atoms with Crippen molar-refractivity contribution in [1.82, 2.24) is 9.29 Å². The predicted octanol–water partition coefficient (Wildman–Crippen LogP) is 0.566. The molecule has 0 spiro atoms. The maximum atomic E-state index is 12.4. The van der Waals surface area contributed by atoms with Crippen molar-refractivity contribution in [2.45, 2.75) is 10.9 Å². The topological polar surface area (TPSA) is 76.3 Å². The fraction of sp³-hybridized carbons (Fsp3) is 0.250. The van der Waals surface area contributed by atoms with Gasteiger partial charge in [0, 0.05) is 42.3 Å². The number of benzene rings is 1. The van der Waals surface area contributed by atoms with E-state index in [-0.39, 0.29) is 6.04 Å². The van der Waals surface area contributed by atoms with Crippen LogP contribution in [0.1, 0.15) is 0 Å². The molecule has 1 aliphatic heterocycles. The van der Waals surface area contributed by atoms with Gasteiger partial charge in [-0.3, -0.25) is 4.98 Å². The second-order valence-electron chi connectivity index (χ2n) is 4.44. The lowest BCUT2D eigenvalue weighted by Gasteiger charge is -2.35. The number of hydrogen-bond acceptors (Lipinski definition) is 4. The molecule has 0 aliphatic carbocycles. The van der Waals surface area contributed by atoms with Crippen molar-refractivity contribution in [3.05, 3.63) is 36.7 Å². The monoisotopic (exact) mass is 263 g/mol. The highest BCUT2D eigenvalue weighted by Gasteiger charge is 2.35. The van der Waals surface area contributed by atoms with Crippen LogP contribution in [0.15, 0.2) is 41.6 Å². The van der Waals surface area contributed by atoms with Gasteiger partial charge in [0.15, 0.2) is 0 Å². The third-order valence-electron chi connectivity index (χ3n) is 3.13. The average molecular weight is 263 g/mol. The molecule has 1 saturated heterocycles. The van der Waals surface area contributed by atoms with Gasteiger partial charge >= 0.3 is 0 Å². The molecule has 6 heteroatoms. The summed E-state index contributed by atoms with van der Waals surface area (Å²) in [5, 5.41) is 1.52. The smallest absolute Gasteiger partial charge is 0.243 e. The minimum absolute atomic E-state index is 0.0450. The number of sulfonamides is 1. The summed E-state index contributed by atoms with van der Waals surface area (Å²) in [7, 11) is -3.44. The lowest BCUT2D eigenvalue weighted by atomic mass is 10.2. The predicted molar refractivity (Wildman–Crippen MR) is 68.5 cm³/mol. The summed E-state index contributed by atoms with van der Waals surface area (Å²) >= 11 is 0. The summed E-state index contributed by atoms with van der Waals surface area (Å²) in [6.07, 6.45) is 3.26. The molecule has 0 radical (unpaired) electrons. The lowest BCUT2D eigenvalue weighted by Crippen LogP contribution is -2.57. The van der Waals surface area contributed by atoms with Gasteiger partial charge in [-0.2, -0.15) is 4.31 Å². The molecule has 5 nitrogen and oxygen atoms in total. The van der Waals surface area contributed by atoms with Gasteiger partial charge in [-0.25, -0.2) is 8.42 Å². The van der Waals surface area contributed by atoms with Gasteiger partial charge < -0.3 is 5.73 Å². The summed E-state index contributed by atoms with van der Waals surface area (Å²) in [6, 6.07) is 6.89. The van der Waals surface area contributed by atoms with Crippen LogP contribution in [0.2, 0.25) is 0 Å². The Morgan fingerprint density at radius 3 is 2.78 bits per heavy atom. The van der Waals surface area contributed by atoms with Gasteiger partial charge in [0.25, 0.3) is 0 Å². The molecule has 0 atom stereocenters. The maximum absolute atomic E-state index is 12.4. The molecule has 1 fully saturated rings. The minimum atomic E-state index is -3.44. The standard InChI is InChI=1S/C12H13N3O2S/c13-10-7-15(8-10)18(16,17)12-3-1-2-9-6-14-5-4-11(9)12/h1-6,10H,7-8,13H2. The molecule has 2 aromatic rings. The van der Waals surface area contributed by atoms with Crippen molar-refractivity contribution in [2.24, 2.45) is 5.73 Å². The van der Waals surface area contributed by atoms with Gasteiger partial charge in [0.2, 0.25) is 10.0 Å². The zero-order valence-corrected chi connectivity index (χ0v) is 10.5. The van der Waals surface area contributed by atoms with Crippen molar-refractivity contribution < 1.29 is 8.42 Å². The van der Waals surface area contributed by atoms with Crippen molar-refractivity contribution >= 4 is 20.8 Å². The first-order valence-corrected chi connectivity index (χ1v) is 7.11. The van der Waals surface area contributed by atoms with Crippen molar-refractivity contribution in [1.29, 1.82) is 0 Å².